The highest BCUT2D eigenvalue weighted by molar-refractivity contribution is 6.06. The maximum atomic E-state index is 6.04. The van der Waals surface area contributed by atoms with Crippen LogP contribution in [0.3, 0.4) is 0 Å². The number of aliphatic imine (C=N–C) groups is 1. The van der Waals surface area contributed by atoms with Gasteiger partial charge in [-0.1, -0.05) is 0 Å². The Morgan fingerprint density at radius 2 is 2.43 bits per heavy atom. The zero-order valence-electron chi connectivity index (χ0n) is 11.9. The summed E-state index contributed by atoms with van der Waals surface area (Å²) in [4.78, 5) is 15.7. The van der Waals surface area contributed by atoms with Crippen molar-refractivity contribution in [1.82, 2.24) is 20.3 Å². The number of nitrogens with zero attached hydrogens (tertiary/aromatic N) is 3. The van der Waals surface area contributed by atoms with Gasteiger partial charge in [-0.2, -0.15) is 0 Å². The van der Waals surface area contributed by atoms with Gasteiger partial charge in [-0.25, -0.2) is 9.97 Å². The van der Waals surface area contributed by atoms with Crippen LogP contribution in [0.25, 0.3) is 11.2 Å². The van der Waals surface area contributed by atoms with Crippen molar-refractivity contribution in [2.45, 2.75) is 25.4 Å². The number of imidazole rings is 1. The number of rotatable bonds is 5. The van der Waals surface area contributed by atoms with E-state index in [1.807, 2.05) is 6.07 Å². The van der Waals surface area contributed by atoms with Crippen molar-refractivity contribution < 1.29 is 4.74 Å². The van der Waals surface area contributed by atoms with Crippen molar-refractivity contribution >= 4 is 17.0 Å². The molecule has 2 aromatic rings. The van der Waals surface area contributed by atoms with E-state index in [1.165, 1.54) is 12.8 Å². The van der Waals surface area contributed by atoms with E-state index in [2.05, 4.69) is 25.3 Å². The van der Waals surface area contributed by atoms with Crippen LogP contribution in [0.15, 0.2) is 23.6 Å². The summed E-state index contributed by atoms with van der Waals surface area (Å²) in [6.07, 6.45) is 7.12. The van der Waals surface area contributed by atoms with E-state index in [1.54, 1.807) is 12.5 Å². The van der Waals surface area contributed by atoms with Crippen LogP contribution < -0.4 is 11.1 Å². The number of hydrogen-bond acceptors (Lipinski definition) is 5. The highest BCUT2D eigenvalue weighted by atomic mass is 16.5. The number of amidine groups is 1. The monoisotopic (exact) mass is 288 g/mol. The molecule has 2 aromatic heterocycles. The summed E-state index contributed by atoms with van der Waals surface area (Å²) in [5.74, 6) is 0.476. The minimum absolute atomic E-state index is 0.301. The van der Waals surface area contributed by atoms with Crippen LogP contribution in [0.5, 0.6) is 0 Å². The van der Waals surface area contributed by atoms with Crippen LogP contribution in [-0.2, 0) is 4.74 Å². The molecule has 1 atom stereocenters. The summed E-state index contributed by atoms with van der Waals surface area (Å²) >= 11 is 0. The van der Waals surface area contributed by atoms with Crippen molar-refractivity contribution in [1.29, 1.82) is 0 Å². The van der Waals surface area contributed by atoms with Gasteiger partial charge >= 0.3 is 0 Å². The van der Waals surface area contributed by atoms with Gasteiger partial charge in [0.25, 0.3) is 0 Å². The molecule has 0 bridgehead atoms. The molecule has 0 amide bonds. The summed E-state index contributed by atoms with van der Waals surface area (Å²) in [5, 5.41) is 3.26. The Morgan fingerprint density at radius 1 is 1.48 bits per heavy atom. The van der Waals surface area contributed by atoms with Crippen molar-refractivity contribution in [2.75, 3.05) is 19.8 Å². The van der Waals surface area contributed by atoms with E-state index in [4.69, 9.17) is 10.5 Å². The first-order chi connectivity index (χ1) is 10.3. The number of aromatic nitrogens is 3. The number of fused-ring (bicyclic) bond motifs is 1. The maximum Gasteiger partial charge on any atom is 0.178 e. The summed E-state index contributed by atoms with van der Waals surface area (Å²) in [5.41, 5.74) is 8.33. The van der Waals surface area contributed by atoms with E-state index >= 15 is 0 Å². The minimum atomic E-state index is 0.301. The summed E-state index contributed by atoms with van der Waals surface area (Å²) in [6, 6.07) is 1.84. The number of nitrogens with one attached hydrogen (secondary N) is 2. The van der Waals surface area contributed by atoms with E-state index < -0.39 is 0 Å². The van der Waals surface area contributed by atoms with Gasteiger partial charge in [-0.3, -0.25) is 10.3 Å². The summed E-state index contributed by atoms with van der Waals surface area (Å²) < 4.78 is 5.65. The number of aromatic amines is 1. The third-order valence-corrected chi connectivity index (χ3v) is 3.61. The number of nitrogens with two attached hydrogens (primary N) is 1. The normalized spacial score (nSPS) is 20.0. The Morgan fingerprint density at radius 3 is 3.29 bits per heavy atom. The largest absolute Gasteiger partial charge is 0.383 e. The van der Waals surface area contributed by atoms with Crippen molar-refractivity contribution in [3.63, 3.8) is 0 Å². The molecule has 0 spiro atoms. The second kappa shape index (κ2) is 6.64. The molecule has 1 fully saturated rings. The maximum absolute atomic E-state index is 6.04. The van der Waals surface area contributed by atoms with Gasteiger partial charge in [-0.05, 0) is 25.3 Å². The predicted octanol–water partition coefficient (Wildman–Crippen LogP) is 0.779. The fourth-order valence-electron chi connectivity index (χ4n) is 2.48. The van der Waals surface area contributed by atoms with E-state index in [0.717, 1.165) is 30.7 Å². The number of hydrogen-bond donors (Lipinski definition) is 3. The fraction of sp³-hybridized carbons (Fsp3) is 0.500. The first-order valence-electron chi connectivity index (χ1n) is 7.25. The number of pyridine rings is 1. The quantitative estimate of drug-likeness (QED) is 0.429. The summed E-state index contributed by atoms with van der Waals surface area (Å²) in [6.45, 7) is 2.16. The second-order valence-corrected chi connectivity index (χ2v) is 5.10. The van der Waals surface area contributed by atoms with Crippen molar-refractivity contribution in [2.24, 2.45) is 10.7 Å². The molecule has 0 aliphatic carbocycles. The molecule has 3 heterocycles. The number of ether oxygens (including phenoxy) is 1. The Bertz CT molecular complexity index is 617. The molecular weight excluding hydrogens is 268 g/mol. The Hall–Kier alpha value is -1.99. The zero-order chi connectivity index (χ0) is 14.5. The highest BCUT2D eigenvalue weighted by Gasteiger charge is 2.12. The summed E-state index contributed by atoms with van der Waals surface area (Å²) in [7, 11) is 0. The van der Waals surface area contributed by atoms with E-state index in [0.29, 0.717) is 24.3 Å². The third-order valence-electron chi connectivity index (χ3n) is 3.61. The SMILES string of the molecule is NC(=NCNCC1CCCCO1)c1ccnc2nc[nH]c12. The van der Waals surface area contributed by atoms with Crippen LogP contribution in [0.1, 0.15) is 24.8 Å². The lowest BCUT2D eigenvalue weighted by Gasteiger charge is -2.22. The topological polar surface area (TPSA) is 101 Å². The lowest BCUT2D eigenvalue weighted by Crippen LogP contribution is -2.32. The molecule has 0 radical (unpaired) electrons. The number of H-pyrrole nitrogens is 1. The fourth-order valence-corrected chi connectivity index (χ4v) is 2.48. The molecule has 1 unspecified atom stereocenters. The predicted molar refractivity (Wildman–Crippen MR) is 81.1 cm³/mol. The molecular formula is C14H20N6O. The molecule has 3 rings (SSSR count). The average molecular weight is 288 g/mol. The molecule has 1 saturated heterocycles. The first kappa shape index (κ1) is 14.0. The highest BCUT2D eigenvalue weighted by Crippen LogP contribution is 2.12. The molecule has 21 heavy (non-hydrogen) atoms. The molecule has 7 nitrogen and oxygen atoms in total. The van der Waals surface area contributed by atoms with Crippen LogP contribution in [-0.4, -0.2) is 46.7 Å². The zero-order valence-corrected chi connectivity index (χ0v) is 11.9. The minimum Gasteiger partial charge on any atom is -0.383 e. The van der Waals surface area contributed by atoms with Crippen molar-refractivity contribution in [3.05, 3.63) is 24.2 Å². The van der Waals surface area contributed by atoms with Gasteiger partial charge < -0.3 is 15.5 Å². The third kappa shape index (κ3) is 3.37. The standard InChI is InChI=1S/C14H20N6O/c15-13(11-4-5-17-14-12(11)18-9-20-14)19-8-16-7-10-3-1-2-6-21-10/h4-5,9-10,16H,1-3,6-8H2,(H2,15,19)(H,17,18,20). The Balaban J connectivity index is 1.57. The van der Waals surface area contributed by atoms with E-state index in [9.17, 15) is 0 Å². The van der Waals surface area contributed by atoms with Gasteiger partial charge in [-0.15, -0.1) is 0 Å². The van der Waals surface area contributed by atoms with Crippen LogP contribution >= 0.6 is 0 Å². The van der Waals surface area contributed by atoms with Gasteiger partial charge in [0, 0.05) is 24.9 Å². The first-order valence-corrected chi connectivity index (χ1v) is 7.25. The van der Waals surface area contributed by atoms with Gasteiger partial charge in [0.1, 0.15) is 5.84 Å². The average Bonchev–Trinajstić information content (AvgIpc) is 3.01. The van der Waals surface area contributed by atoms with Crippen LogP contribution in [0.4, 0.5) is 0 Å². The molecule has 1 aliphatic heterocycles. The molecule has 1 aliphatic rings. The molecule has 112 valence electrons. The lowest BCUT2D eigenvalue weighted by atomic mass is 10.1. The van der Waals surface area contributed by atoms with Gasteiger partial charge in [0.05, 0.1) is 24.6 Å². The van der Waals surface area contributed by atoms with Gasteiger partial charge in [0.15, 0.2) is 5.65 Å². The van der Waals surface area contributed by atoms with E-state index in [-0.39, 0.29) is 0 Å². The molecule has 7 heteroatoms. The molecule has 4 N–H and O–H groups in total. The lowest BCUT2D eigenvalue weighted by molar-refractivity contribution is 0.0172. The van der Waals surface area contributed by atoms with Crippen molar-refractivity contribution in [3.8, 4) is 0 Å². The van der Waals surface area contributed by atoms with Crippen LogP contribution in [0.2, 0.25) is 0 Å². The molecule has 0 saturated carbocycles. The van der Waals surface area contributed by atoms with Gasteiger partial charge in [0.2, 0.25) is 0 Å². The Kier molecular flexibility index (Phi) is 4.42. The van der Waals surface area contributed by atoms with Crippen LogP contribution in [0, 0.1) is 0 Å². The smallest absolute Gasteiger partial charge is 0.178 e. The second-order valence-electron chi connectivity index (χ2n) is 5.10. The molecule has 0 aromatic carbocycles. The Labute approximate surface area is 123 Å².